The molecule has 0 radical (unpaired) electrons. The zero-order chi connectivity index (χ0) is 11.6. The molecule has 1 N–H and O–H groups in total. The monoisotopic (exact) mass is 209 g/mol. The maximum atomic E-state index is 11.6. The normalized spacial score (nSPS) is 12.8. The average molecular weight is 209 g/mol. The Morgan fingerprint density at radius 2 is 2.07 bits per heavy atom. The van der Waals surface area contributed by atoms with E-state index in [4.69, 9.17) is 5.11 Å². The van der Waals surface area contributed by atoms with Crippen LogP contribution in [0.1, 0.15) is 25.5 Å². The largest absolute Gasteiger partial charge is 0.480 e. The number of aromatic nitrogens is 1. The summed E-state index contributed by atoms with van der Waals surface area (Å²) in [6.07, 6.45) is 1.54. The molecule has 0 spiro atoms. The molecule has 4 heteroatoms. The number of aryl methyl sites for hydroxylation is 1. The summed E-state index contributed by atoms with van der Waals surface area (Å²) >= 11 is 0. The lowest BCUT2D eigenvalue weighted by Gasteiger charge is -2.18. The quantitative estimate of drug-likeness (QED) is 0.819. The fourth-order valence-electron chi connectivity index (χ4n) is 1.54. The molecule has 1 unspecified atom stereocenters. The van der Waals surface area contributed by atoms with Crippen LogP contribution in [0.15, 0.2) is 23.1 Å². The van der Waals surface area contributed by atoms with Crippen LogP contribution >= 0.6 is 0 Å². The summed E-state index contributed by atoms with van der Waals surface area (Å²) in [6, 6.07) is 2.39. The minimum atomic E-state index is -0.976. The molecule has 0 saturated carbocycles. The first-order valence-corrected chi connectivity index (χ1v) is 4.85. The fourth-order valence-corrected chi connectivity index (χ4v) is 1.54. The van der Waals surface area contributed by atoms with Gasteiger partial charge in [0.1, 0.15) is 6.04 Å². The van der Waals surface area contributed by atoms with E-state index in [0.717, 1.165) is 5.56 Å². The number of rotatable bonds is 3. The van der Waals surface area contributed by atoms with Crippen LogP contribution < -0.4 is 5.56 Å². The zero-order valence-corrected chi connectivity index (χ0v) is 9.10. The highest BCUT2D eigenvalue weighted by Crippen LogP contribution is 2.15. The molecule has 1 rings (SSSR count). The van der Waals surface area contributed by atoms with Crippen LogP contribution in [0, 0.1) is 12.8 Å². The van der Waals surface area contributed by atoms with E-state index in [1.165, 1.54) is 16.8 Å². The summed E-state index contributed by atoms with van der Waals surface area (Å²) < 4.78 is 1.26. The van der Waals surface area contributed by atoms with Crippen molar-refractivity contribution in [3.8, 4) is 0 Å². The van der Waals surface area contributed by atoms with Crippen LogP contribution in [-0.2, 0) is 4.79 Å². The van der Waals surface area contributed by atoms with Crippen molar-refractivity contribution in [1.82, 2.24) is 4.57 Å². The number of carbonyl (C=O) groups is 1. The van der Waals surface area contributed by atoms with Gasteiger partial charge in [-0.15, -0.1) is 0 Å². The Hall–Kier alpha value is -1.58. The van der Waals surface area contributed by atoms with Crippen molar-refractivity contribution in [1.29, 1.82) is 0 Å². The highest BCUT2D eigenvalue weighted by molar-refractivity contribution is 5.72. The molecule has 0 saturated heterocycles. The Labute approximate surface area is 88.2 Å². The van der Waals surface area contributed by atoms with Gasteiger partial charge in [0, 0.05) is 12.3 Å². The second-order valence-corrected chi connectivity index (χ2v) is 3.98. The highest BCUT2D eigenvalue weighted by Gasteiger charge is 2.23. The molecule has 15 heavy (non-hydrogen) atoms. The molecule has 1 aromatic rings. The van der Waals surface area contributed by atoms with E-state index in [1.807, 2.05) is 0 Å². The molecular weight excluding hydrogens is 194 g/mol. The van der Waals surface area contributed by atoms with Gasteiger partial charge in [-0.25, -0.2) is 4.79 Å². The maximum Gasteiger partial charge on any atom is 0.327 e. The highest BCUT2D eigenvalue weighted by atomic mass is 16.4. The van der Waals surface area contributed by atoms with E-state index >= 15 is 0 Å². The summed E-state index contributed by atoms with van der Waals surface area (Å²) in [5.74, 6) is -1.10. The third kappa shape index (κ3) is 2.46. The van der Waals surface area contributed by atoms with Gasteiger partial charge >= 0.3 is 5.97 Å². The maximum absolute atomic E-state index is 11.6. The van der Waals surface area contributed by atoms with Gasteiger partial charge in [-0.2, -0.15) is 0 Å². The van der Waals surface area contributed by atoms with Crippen LogP contribution in [0.5, 0.6) is 0 Å². The number of nitrogens with zero attached hydrogens (tertiary/aromatic N) is 1. The number of aliphatic carboxylic acids is 1. The van der Waals surface area contributed by atoms with Crippen LogP contribution in [0.3, 0.4) is 0 Å². The number of hydrogen-bond acceptors (Lipinski definition) is 2. The van der Waals surface area contributed by atoms with Gasteiger partial charge in [-0.3, -0.25) is 4.79 Å². The van der Waals surface area contributed by atoms with Gasteiger partial charge < -0.3 is 9.67 Å². The molecule has 1 heterocycles. The van der Waals surface area contributed by atoms with Crippen molar-refractivity contribution in [3.05, 3.63) is 34.2 Å². The van der Waals surface area contributed by atoms with Gasteiger partial charge in [-0.1, -0.05) is 13.8 Å². The Morgan fingerprint density at radius 1 is 1.47 bits per heavy atom. The molecule has 0 bridgehead atoms. The molecule has 0 aliphatic heterocycles. The van der Waals surface area contributed by atoms with E-state index < -0.39 is 12.0 Å². The second-order valence-electron chi connectivity index (χ2n) is 3.98. The van der Waals surface area contributed by atoms with Crippen molar-refractivity contribution < 1.29 is 9.90 Å². The van der Waals surface area contributed by atoms with Crippen LogP contribution in [0.25, 0.3) is 0 Å². The molecule has 1 aromatic heterocycles. The first kappa shape index (κ1) is 11.5. The number of carboxylic acid groups (broad SMARTS) is 1. The lowest BCUT2D eigenvalue weighted by molar-refractivity contribution is -0.142. The number of pyridine rings is 1. The standard InChI is InChI=1S/C11H15NO3/c1-7(2)10(11(14)15)12-5-4-8(3)6-9(12)13/h4-7,10H,1-3H3,(H,14,15). The van der Waals surface area contributed by atoms with Crippen LogP contribution in [0.4, 0.5) is 0 Å². The predicted octanol–water partition coefficient (Wildman–Crippen LogP) is 1.44. The van der Waals surface area contributed by atoms with Gasteiger partial charge in [0.2, 0.25) is 0 Å². The Morgan fingerprint density at radius 3 is 2.47 bits per heavy atom. The molecule has 0 aliphatic carbocycles. The van der Waals surface area contributed by atoms with Crippen LogP contribution in [-0.4, -0.2) is 15.6 Å². The SMILES string of the molecule is Cc1ccn(C(C(=O)O)C(C)C)c(=O)c1. The van der Waals surface area contributed by atoms with Gasteiger partial charge in [-0.05, 0) is 24.5 Å². The molecule has 0 aliphatic rings. The van der Waals surface area contributed by atoms with E-state index in [1.54, 1.807) is 26.8 Å². The molecule has 0 aromatic carbocycles. The third-order valence-corrected chi connectivity index (χ3v) is 2.29. The van der Waals surface area contributed by atoms with Gasteiger partial charge in [0.15, 0.2) is 0 Å². The minimum absolute atomic E-state index is 0.122. The van der Waals surface area contributed by atoms with E-state index in [-0.39, 0.29) is 11.5 Å². The van der Waals surface area contributed by atoms with Crippen molar-refractivity contribution in [3.63, 3.8) is 0 Å². The molecule has 0 fully saturated rings. The third-order valence-electron chi connectivity index (χ3n) is 2.29. The summed E-state index contributed by atoms with van der Waals surface area (Å²) in [6.45, 7) is 5.37. The van der Waals surface area contributed by atoms with Crippen LogP contribution in [0.2, 0.25) is 0 Å². The Kier molecular flexibility index (Phi) is 3.29. The predicted molar refractivity (Wildman–Crippen MR) is 56.9 cm³/mol. The van der Waals surface area contributed by atoms with Gasteiger partial charge in [0.25, 0.3) is 5.56 Å². The molecule has 1 atom stereocenters. The number of hydrogen-bond donors (Lipinski definition) is 1. The Balaban J connectivity index is 3.24. The lowest BCUT2D eigenvalue weighted by Crippen LogP contribution is -2.32. The second kappa shape index (κ2) is 4.29. The van der Waals surface area contributed by atoms with E-state index in [9.17, 15) is 9.59 Å². The van der Waals surface area contributed by atoms with E-state index in [2.05, 4.69) is 0 Å². The average Bonchev–Trinajstić information content (AvgIpc) is 2.08. The van der Waals surface area contributed by atoms with Crippen molar-refractivity contribution >= 4 is 5.97 Å². The summed E-state index contributed by atoms with van der Waals surface area (Å²) in [5, 5.41) is 9.03. The topological polar surface area (TPSA) is 59.3 Å². The summed E-state index contributed by atoms with van der Waals surface area (Å²) in [4.78, 5) is 22.6. The van der Waals surface area contributed by atoms with Crippen molar-refractivity contribution in [2.24, 2.45) is 5.92 Å². The molecule has 4 nitrogen and oxygen atoms in total. The van der Waals surface area contributed by atoms with Gasteiger partial charge in [0.05, 0.1) is 0 Å². The zero-order valence-electron chi connectivity index (χ0n) is 9.10. The van der Waals surface area contributed by atoms with E-state index in [0.29, 0.717) is 0 Å². The molecule has 0 amide bonds. The Bertz CT molecular complexity index is 420. The minimum Gasteiger partial charge on any atom is -0.480 e. The first-order valence-electron chi connectivity index (χ1n) is 4.85. The lowest BCUT2D eigenvalue weighted by atomic mass is 10.0. The number of carboxylic acids is 1. The molecular formula is C11H15NO3. The smallest absolute Gasteiger partial charge is 0.327 e. The van der Waals surface area contributed by atoms with Crippen molar-refractivity contribution in [2.45, 2.75) is 26.8 Å². The molecule has 82 valence electrons. The summed E-state index contributed by atoms with van der Waals surface area (Å²) in [5.41, 5.74) is 0.570. The summed E-state index contributed by atoms with van der Waals surface area (Å²) in [7, 11) is 0. The van der Waals surface area contributed by atoms with Crippen molar-refractivity contribution in [2.75, 3.05) is 0 Å². The fraction of sp³-hybridized carbons (Fsp3) is 0.455. The first-order chi connectivity index (χ1) is 6.93.